The van der Waals surface area contributed by atoms with Gasteiger partial charge in [-0.1, -0.05) is 6.07 Å². The number of benzene rings is 1. The molecule has 0 fully saturated rings. The van der Waals surface area contributed by atoms with Gasteiger partial charge in [-0.15, -0.1) is 0 Å². The van der Waals surface area contributed by atoms with Crippen LogP contribution in [0.1, 0.15) is 5.76 Å². The first-order valence-corrected chi connectivity index (χ1v) is 5.70. The fourth-order valence-electron chi connectivity index (χ4n) is 1.97. The van der Waals surface area contributed by atoms with Crippen LogP contribution < -0.4 is 5.43 Å². The average Bonchev–Trinajstić information content (AvgIpc) is 2.39. The van der Waals surface area contributed by atoms with Crippen molar-refractivity contribution in [3.8, 4) is 11.3 Å². The summed E-state index contributed by atoms with van der Waals surface area (Å²) in [6.45, 7) is 1.77. The van der Waals surface area contributed by atoms with E-state index in [1.54, 1.807) is 13.1 Å². The molecular weight excluding hydrogens is 226 g/mol. The van der Waals surface area contributed by atoms with E-state index in [2.05, 4.69) is 4.98 Å². The standard InChI is InChI=1S/C15H11NO2/c1-10-8-14(17)12-9-11(5-6-15(12)18-10)13-4-2-3-7-16-13/h2-9H,1H3. The van der Waals surface area contributed by atoms with Gasteiger partial charge in [-0.05, 0) is 37.3 Å². The predicted octanol–water partition coefficient (Wildman–Crippen LogP) is 3.16. The van der Waals surface area contributed by atoms with E-state index in [0.29, 0.717) is 16.7 Å². The highest BCUT2D eigenvalue weighted by molar-refractivity contribution is 5.82. The van der Waals surface area contributed by atoms with Crippen molar-refractivity contribution in [3.05, 3.63) is 64.6 Å². The number of hydrogen-bond acceptors (Lipinski definition) is 3. The normalized spacial score (nSPS) is 10.7. The van der Waals surface area contributed by atoms with Gasteiger partial charge < -0.3 is 4.42 Å². The van der Waals surface area contributed by atoms with E-state index in [0.717, 1.165) is 11.3 Å². The fraction of sp³-hybridized carbons (Fsp3) is 0.0667. The molecule has 0 saturated carbocycles. The van der Waals surface area contributed by atoms with Gasteiger partial charge in [0.2, 0.25) is 0 Å². The smallest absolute Gasteiger partial charge is 0.192 e. The first kappa shape index (κ1) is 10.7. The molecule has 0 spiro atoms. The van der Waals surface area contributed by atoms with E-state index in [9.17, 15) is 4.79 Å². The van der Waals surface area contributed by atoms with E-state index in [1.807, 2.05) is 36.4 Å². The van der Waals surface area contributed by atoms with Crippen LogP contribution in [0.4, 0.5) is 0 Å². The first-order chi connectivity index (χ1) is 8.74. The van der Waals surface area contributed by atoms with Crippen LogP contribution in [0.25, 0.3) is 22.2 Å². The third-order valence-corrected chi connectivity index (χ3v) is 2.81. The summed E-state index contributed by atoms with van der Waals surface area (Å²) in [5.74, 6) is 0.623. The minimum atomic E-state index is -0.0217. The molecule has 88 valence electrons. The summed E-state index contributed by atoms with van der Waals surface area (Å²) in [7, 11) is 0. The van der Waals surface area contributed by atoms with Gasteiger partial charge in [0.25, 0.3) is 0 Å². The number of hydrogen-bond donors (Lipinski definition) is 0. The number of rotatable bonds is 1. The molecular formula is C15H11NO2. The summed E-state index contributed by atoms with van der Waals surface area (Å²) < 4.78 is 5.51. The van der Waals surface area contributed by atoms with Crippen molar-refractivity contribution in [1.29, 1.82) is 0 Å². The lowest BCUT2D eigenvalue weighted by Gasteiger charge is -2.03. The van der Waals surface area contributed by atoms with Crippen LogP contribution in [-0.4, -0.2) is 4.98 Å². The summed E-state index contributed by atoms with van der Waals surface area (Å²) in [6, 6.07) is 12.7. The van der Waals surface area contributed by atoms with Crippen molar-refractivity contribution in [2.45, 2.75) is 6.92 Å². The molecule has 3 aromatic rings. The summed E-state index contributed by atoms with van der Waals surface area (Å²) in [5.41, 5.74) is 2.35. The largest absolute Gasteiger partial charge is 0.461 e. The van der Waals surface area contributed by atoms with Gasteiger partial charge in [-0.25, -0.2) is 0 Å². The first-order valence-electron chi connectivity index (χ1n) is 5.70. The van der Waals surface area contributed by atoms with Crippen LogP contribution in [0.5, 0.6) is 0 Å². The Hall–Kier alpha value is -2.42. The van der Waals surface area contributed by atoms with Gasteiger partial charge in [0, 0.05) is 17.8 Å². The fourth-order valence-corrected chi connectivity index (χ4v) is 1.97. The molecule has 0 bridgehead atoms. The molecule has 0 aliphatic carbocycles. The monoisotopic (exact) mass is 237 g/mol. The molecule has 2 aromatic heterocycles. The van der Waals surface area contributed by atoms with Gasteiger partial charge in [-0.3, -0.25) is 9.78 Å². The zero-order valence-electron chi connectivity index (χ0n) is 9.88. The molecule has 0 aliphatic heterocycles. The highest BCUT2D eigenvalue weighted by Crippen LogP contribution is 2.21. The Morgan fingerprint density at radius 2 is 2.00 bits per heavy atom. The Morgan fingerprint density at radius 3 is 2.78 bits per heavy atom. The van der Waals surface area contributed by atoms with Crippen molar-refractivity contribution in [2.75, 3.05) is 0 Å². The van der Waals surface area contributed by atoms with E-state index < -0.39 is 0 Å². The number of aryl methyl sites for hydroxylation is 1. The zero-order valence-corrected chi connectivity index (χ0v) is 9.88. The van der Waals surface area contributed by atoms with Crippen LogP contribution in [-0.2, 0) is 0 Å². The SMILES string of the molecule is Cc1cc(=O)c2cc(-c3ccccn3)ccc2o1. The second-order valence-corrected chi connectivity index (χ2v) is 4.15. The van der Waals surface area contributed by atoms with Gasteiger partial charge in [-0.2, -0.15) is 0 Å². The number of fused-ring (bicyclic) bond motifs is 1. The van der Waals surface area contributed by atoms with Gasteiger partial charge in [0.1, 0.15) is 11.3 Å². The van der Waals surface area contributed by atoms with Crippen LogP contribution in [0.2, 0.25) is 0 Å². The Bertz CT molecular complexity index is 760. The van der Waals surface area contributed by atoms with Crippen molar-refractivity contribution < 1.29 is 4.42 Å². The van der Waals surface area contributed by atoms with Gasteiger partial charge in [0.15, 0.2) is 5.43 Å². The summed E-state index contributed by atoms with van der Waals surface area (Å²) in [4.78, 5) is 16.2. The van der Waals surface area contributed by atoms with E-state index >= 15 is 0 Å². The van der Waals surface area contributed by atoms with E-state index in [4.69, 9.17) is 4.42 Å². The second-order valence-electron chi connectivity index (χ2n) is 4.15. The number of pyridine rings is 1. The predicted molar refractivity (Wildman–Crippen MR) is 70.5 cm³/mol. The highest BCUT2D eigenvalue weighted by atomic mass is 16.3. The van der Waals surface area contributed by atoms with Crippen molar-refractivity contribution in [1.82, 2.24) is 4.98 Å². The van der Waals surface area contributed by atoms with Gasteiger partial charge in [0.05, 0.1) is 11.1 Å². The highest BCUT2D eigenvalue weighted by Gasteiger charge is 2.05. The molecule has 0 atom stereocenters. The Morgan fingerprint density at radius 1 is 1.11 bits per heavy atom. The lowest BCUT2D eigenvalue weighted by atomic mass is 10.1. The summed E-state index contributed by atoms with van der Waals surface area (Å²) >= 11 is 0. The zero-order chi connectivity index (χ0) is 12.5. The molecule has 3 rings (SSSR count). The van der Waals surface area contributed by atoms with Crippen molar-refractivity contribution >= 4 is 11.0 Å². The van der Waals surface area contributed by atoms with Crippen molar-refractivity contribution in [3.63, 3.8) is 0 Å². The minimum Gasteiger partial charge on any atom is -0.461 e. The van der Waals surface area contributed by atoms with E-state index in [1.165, 1.54) is 6.07 Å². The molecule has 0 radical (unpaired) electrons. The third-order valence-electron chi connectivity index (χ3n) is 2.81. The summed E-state index contributed by atoms with van der Waals surface area (Å²) in [6.07, 6.45) is 1.73. The van der Waals surface area contributed by atoms with Crippen LogP contribution >= 0.6 is 0 Å². The lowest BCUT2D eigenvalue weighted by molar-refractivity contribution is 0.565. The quantitative estimate of drug-likeness (QED) is 0.653. The molecule has 3 nitrogen and oxygen atoms in total. The second kappa shape index (κ2) is 4.11. The van der Waals surface area contributed by atoms with Crippen LogP contribution in [0.15, 0.2) is 57.9 Å². The third kappa shape index (κ3) is 1.80. The van der Waals surface area contributed by atoms with E-state index in [-0.39, 0.29) is 5.43 Å². The molecule has 0 N–H and O–H groups in total. The maximum atomic E-state index is 11.9. The van der Waals surface area contributed by atoms with Crippen molar-refractivity contribution in [2.24, 2.45) is 0 Å². The molecule has 0 unspecified atom stereocenters. The number of nitrogens with zero attached hydrogens (tertiary/aromatic N) is 1. The maximum Gasteiger partial charge on any atom is 0.192 e. The topological polar surface area (TPSA) is 43.1 Å². The minimum absolute atomic E-state index is 0.0217. The number of aromatic nitrogens is 1. The average molecular weight is 237 g/mol. The molecule has 0 saturated heterocycles. The molecule has 0 aliphatic rings. The molecule has 1 aromatic carbocycles. The Kier molecular flexibility index (Phi) is 2.45. The molecule has 2 heterocycles. The van der Waals surface area contributed by atoms with Crippen LogP contribution in [0.3, 0.4) is 0 Å². The summed E-state index contributed by atoms with van der Waals surface area (Å²) in [5, 5.41) is 0.587. The molecule has 3 heteroatoms. The van der Waals surface area contributed by atoms with Crippen LogP contribution in [0, 0.1) is 6.92 Å². The lowest BCUT2D eigenvalue weighted by Crippen LogP contribution is -2.00. The maximum absolute atomic E-state index is 11.9. The van der Waals surface area contributed by atoms with Gasteiger partial charge >= 0.3 is 0 Å². The molecule has 18 heavy (non-hydrogen) atoms. The Balaban J connectivity index is 2.27. The molecule has 0 amide bonds. The Labute approximate surface area is 104 Å².